The molecule has 0 aliphatic carbocycles. The lowest BCUT2D eigenvalue weighted by atomic mass is 10.1. The van der Waals surface area contributed by atoms with Gasteiger partial charge in [0.25, 0.3) is 0 Å². The van der Waals surface area contributed by atoms with Crippen LogP contribution in [-0.4, -0.2) is 59.7 Å². The molecule has 0 bridgehead atoms. The van der Waals surface area contributed by atoms with Crippen LogP contribution in [0.15, 0.2) is 24.3 Å². The van der Waals surface area contributed by atoms with Crippen molar-refractivity contribution in [3.63, 3.8) is 0 Å². The molecule has 2 heterocycles. The van der Waals surface area contributed by atoms with E-state index < -0.39 is 0 Å². The van der Waals surface area contributed by atoms with Crippen LogP contribution in [0.4, 0.5) is 5.69 Å². The highest BCUT2D eigenvalue weighted by atomic mass is 16.2. The maximum Gasteiger partial charge on any atom is 0.246 e. The Morgan fingerprint density at radius 3 is 2.65 bits per heavy atom. The van der Waals surface area contributed by atoms with E-state index in [0.717, 1.165) is 30.5 Å². The molecule has 3 rings (SSSR count). The molecule has 2 fully saturated rings. The van der Waals surface area contributed by atoms with Crippen molar-refractivity contribution in [1.82, 2.24) is 9.80 Å². The smallest absolute Gasteiger partial charge is 0.246 e. The van der Waals surface area contributed by atoms with E-state index in [2.05, 4.69) is 0 Å². The van der Waals surface area contributed by atoms with Gasteiger partial charge in [0.05, 0.1) is 6.54 Å². The zero-order valence-corrected chi connectivity index (χ0v) is 15.6. The second-order valence-electron chi connectivity index (χ2n) is 7.29. The first-order chi connectivity index (χ1) is 12.5. The summed E-state index contributed by atoms with van der Waals surface area (Å²) in [5.41, 5.74) is 1.95. The molecule has 0 spiro atoms. The monoisotopic (exact) mass is 357 g/mol. The molecule has 0 radical (unpaired) electrons. The van der Waals surface area contributed by atoms with Crippen molar-refractivity contribution in [2.45, 2.75) is 45.6 Å². The third kappa shape index (κ3) is 3.89. The number of hydrogen-bond acceptors (Lipinski definition) is 3. The number of carbonyl (C=O) groups is 3. The Morgan fingerprint density at radius 2 is 1.88 bits per heavy atom. The van der Waals surface area contributed by atoms with Crippen LogP contribution < -0.4 is 4.90 Å². The molecule has 1 aromatic carbocycles. The molecular weight excluding hydrogens is 330 g/mol. The number of anilines is 1. The molecule has 1 atom stereocenters. The van der Waals surface area contributed by atoms with E-state index in [1.807, 2.05) is 38.1 Å². The Labute approximate surface area is 154 Å². The van der Waals surface area contributed by atoms with Crippen molar-refractivity contribution in [3.05, 3.63) is 29.8 Å². The Hall–Kier alpha value is -2.37. The van der Waals surface area contributed by atoms with Crippen molar-refractivity contribution in [1.29, 1.82) is 0 Å². The van der Waals surface area contributed by atoms with Gasteiger partial charge in [-0.15, -0.1) is 0 Å². The van der Waals surface area contributed by atoms with E-state index in [1.165, 1.54) is 0 Å². The number of para-hydroxylation sites is 1. The van der Waals surface area contributed by atoms with Crippen molar-refractivity contribution in [3.8, 4) is 0 Å². The zero-order valence-electron chi connectivity index (χ0n) is 15.6. The second-order valence-corrected chi connectivity index (χ2v) is 7.29. The summed E-state index contributed by atoms with van der Waals surface area (Å²) in [5.74, 6) is -0.160. The van der Waals surface area contributed by atoms with Gasteiger partial charge < -0.3 is 14.7 Å². The van der Waals surface area contributed by atoms with Gasteiger partial charge in [0, 0.05) is 31.2 Å². The first-order valence-corrected chi connectivity index (χ1v) is 9.40. The van der Waals surface area contributed by atoms with Crippen LogP contribution in [0.3, 0.4) is 0 Å². The highest BCUT2D eigenvalue weighted by Crippen LogP contribution is 2.24. The molecule has 2 saturated heterocycles. The number of rotatable bonds is 3. The highest BCUT2D eigenvalue weighted by molar-refractivity contribution is 5.99. The number of benzene rings is 1. The number of likely N-dealkylation sites (tertiary alicyclic amines) is 1. The summed E-state index contributed by atoms with van der Waals surface area (Å²) < 4.78 is 0. The molecule has 140 valence electrons. The summed E-state index contributed by atoms with van der Waals surface area (Å²) in [6.07, 6.45) is 3.38. The molecule has 3 amide bonds. The lowest BCUT2D eigenvalue weighted by molar-refractivity contribution is -0.144. The minimum absolute atomic E-state index is 0.0494. The van der Waals surface area contributed by atoms with Gasteiger partial charge >= 0.3 is 0 Å². The van der Waals surface area contributed by atoms with Crippen molar-refractivity contribution in [2.24, 2.45) is 0 Å². The Bertz CT molecular complexity index is 703. The van der Waals surface area contributed by atoms with Gasteiger partial charge in [-0.2, -0.15) is 0 Å². The first-order valence-electron chi connectivity index (χ1n) is 9.40. The summed E-state index contributed by atoms with van der Waals surface area (Å²) in [5, 5.41) is 0. The van der Waals surface area contributed by atoms with Gasteiger partial charge in [-0.25, -0.2) is 0 Å². The van der Waals surface area contributed by atoms with Crippen LogP contribution in [0.1, 0.15) is 38.2 Å². The molecule has 0 unspecified atom stereocenters. The molecule has 26 heavy (non-hydrogen) atoms. The van der Waals surface area contributed by atoms with E-state index in [4.69, 9.17) is 0 Å². The maximum absolute atomic E-state index is 12.8. The third-order valence-electron chi connectivity index (χ3n) is 5.31. The number of piperazine rings is 1. The van der Waals surface area contributed by atoms with Gasteiger partial charge in [0.2, 0.25) is 17.7 Å². The van der Waals surface area contributed by atoms with Gasteiger partial charge in [-0.3, -0.25) is 14.4 Å². The largest absolute Gasteiger partial charge is 0.333 e. The number of amides is 3. The predicted molar refractivity (Wildman–Crippen MR) is 99.8 cm³/mol. The minimum atomic E-state index is -0.134. The number of carbonyl (C=O) groups excluding carboxylic acids is 3. The molecule has 0 aromatic heterocycles. The molecule has 1 aromatic rings. The summed E-state index contributed by atoms with van der Waals surface area (Å²) in [4.78, 5) is 42.6. The molecule has 2 aliphatic heterocycles. The van der Waals surface area contributed by atoms with E-state index in [1.54, 1.807) is 14.7 Å². The predicted octanol–water partition coefficient (Wildman–Crippen LogP) is 1.96. The SMILES string of the molecule is Cc1ccccc1N1C[C@H](C)N(C(=O)CN2CCCCCC2=O)CC1=O. The third-order valence-corrected chi connectivity index (χ3v) is 5.31. The van der Waals surface area contributed by atoms with Gasteiger partial charge in [0.15, 0.2) is 0 Å². The Morgan fingerprint density at radius 1 is 1.12 bits per heavy atom. The summed E-state index contributed by atoms with van der Waals surface area (Å²) >= 11 is 0. The molecular formula is C20H27N3O3. The lowest BCUT2D eigenvalue weighted by Gasteiger charge is -2.40. The van der Waals surface area contributed by atoms with Crippen molar-refractivity contribution < 1.29 is 14.4 Å². The molecule has 0 N–H and O–H groups in total. The average Bonchev–Trinajstić information content (AvgIpc) is 2.82. The fourth-order valence-corrected chi connectivity index (χ4v) is 3.74. The lowest BCUT2D eigenvalue weighted by Crippen LogP contribution is -2.59. The fraction of sp³-hybridized carbons (Fsp3) is 0.550. The van der Waals surface area contributed by atoms with E-state index in [0.29, 0.717) is 19.5 Å². The van der Waals surface area contributed by atoms with Crippen LogP contribution in [0.25, 0.3) is 0 Å². The van der Waals surface area contributed by atoms with E-state index in [-0.39, 0.29) is 36.9 Å². The minimum Gasteiger partial charge on any atom is -0.333 e. The number of hydrogen-bond donors (Lipinski definition) is 0. The topological polar surface area (TPSA) is 60.9 Å². The maximum atomic E-state index is 12.8. The Balaban J connectivity index is 1.67. The van der Waals surface area contributed by atoms with Gasteiger partial charge in [0.1, 0.15) is 6.54 Å². The van der Waals surface area contributed by atoms with Gasteiger partial charge in [-0.1, -0.05) is 24.6 Å². The van der Waals surface area contributed by atoms with Gasteiger partial charge in [-0.05, 0) is 38.3 Å². The molecule has 2 aliphatic rings. The fourth-order valence-electron chi connectivity index (χ4n) is 3.74. The zero-order chi connectivity index (χ0) is 18.7. The van der Waals surface area contributed by atoms with Crippen molar-refractivity contribution >= 4 is 23.4 Å². The Kier molecular flexibility index (Phi) is 5.59. The van der Waals surface area contributed by atoms with Crippen molar-refractivity contribution in [2.75, 3.05) is 31.1 Å². The molecule has 6 heteroatoms. The van der Waals surface area contributed by atoms with E-state index in [9.17, 15) is 14.4 Å². The quantitative estimate of drug-likeness (QED) is 0.831. The number of aryl methyl sites for hydroxylation is 1. The van der Waals surface area contributed by atoms with Crippen LogP contribution in [-0.2, 0) is 14.4 Å². The molecule has 6 nitrogen and oxygen atoms in total. The van der Waals surface area contributed by atoms with Crippen LogP contribution in [0, 0.1) is 6.92 Å². The molecule has 0 saturated carbocycles. The summed E-state index contributed by atoms with van der Waals surface area (Å²) in [6.45, 7) is 5.20. The summed E-state index contributed by atoms with van der Waals surface area (Å²) in [6, 6.07) is 7.71. The van der Waals surface area contributed by atoms with Crippen LogP contribution >= 0.6 is 0 Å². The highest BCUT2D eigenvalue weighted by Gasteiger charge is 2.34. The summed E-state index contributed by atoms with van der Waals surface area (Å²) in [7, 11) is 0. The van der Waals surface area contributed by atoms with E-state index >= 15 is 0 Å². The first kappa shape index (κ1) is 18.4. The standard InChI is InChI=1S/C20H27N3O3/c1-15-8-5-6-9-17(15)23-12-16(2)22(14-20(23)26)19(25)13-21-11-7-3-4-10-18(21)24/h5-6,8-9,16H,3-4,7,10-14H2,1-2H3/t16-/m0/s1. The second kappa shape index (κ2) is 7.89. The van der Waals surface area contributed by atoms with Crippen LogP contribution in [0.2, 0.25) is 0 Å². The number of nitrogens with zero attached hydrogens (tertiary/aromatic N) is 3. The average molecular weight is 357 g/mol. The normalized spacial score (nSPS) is 21.8. The van der Waals surface area contributed by atoms with Crippen LogP contribution in [0.5, 0.6) is 0 Å².